The molecule has 21 heavy (non-hydrogen) atoms. The number of carbonyl (C=O) groups is 1. The summed E-state index contributed by atoms with van der Waals surface area (Å²) in [6, 6.07) is 8.40. The van der Waals surface area contributed by atoms with Crippen LogP contribution in [0.1, 0.15) is 10.4 Å². The van der Waals surface area contributed by atoms with Crippen LogP contribution in [0.2, 0.25) is 5.02 Å². The smallest absolute Gasteiger partial charge is 0.296 e. The van der Waals surface area contributed by atoms with Gasteiger partial charge in [0, 0.05) is 15.2 Å². The van der Waals surface area contributed by atoms with Gasteiger partial charge in [-0.3, -0.25) is 14.9 Å². The third-order valence-corrected chi connectivity index (χ3v) is 4.21. The third-order valence-electron chi connectivity index (χ3n) is 2.64. The summed E-state index contributed by atoms with van der Waals surface area (Å²) in [5, 5.41) is 23.3. The Kier molecular flexibility index (Phi) is 4.63. The highest BCUT2D eigenvalue weighted by molar-refractivity contribution is 14.1. The van der Waals surface area contributed by atoms with Gasteiger partial charge in [-0.05, 0) is 46.9 Å². The first-order valence-electron chi connectivity index (χ1n) is 5.63. The number of nitro groups is 1. The number of nitrogens with one attached hydrogen (secondary N) is 1. The fourth-order valence-corrected chi connectivity index (χ4v) is 2.15. The Bertz CT molecular complexity index is 736. The molecule has 108 valence electrons. The van der Waals surface area contributed by atoms with Gasteiger partial charge in [0.1, 0.15) is 5.75 Å². The average Bonchev–Trinajstić information content (AvgIpc) is 2.43. The summed E-state index contributed by atoms with van der Waals surface area (Å²) < 4.78 is 0.777. The molecule has 0 aromatic heterocycles. The van der Waals surface area contributed by atoms with Gasteiger partial charge in [0.05, 0.1) is 9.95 Å². The molecule has 6 nitrogen and oxygen atoms in total. The van der Waals surface area contributed by atoms with E-state index in [1.165, 1.54) is 30.3 Å². The molecule has 0 unspecified atom stereocenters. The molecule has 8 heteroatoms. The molecule has 0 aliphatic heterocycles. The molecule has 2 aromatic rings. The van der Waals surface area contributed by atoms with Crippen molar-refractivity contribution in [2.75, 3.05) is 5.32 Å². The van der Waals surface area contributed by atoms with Crippen LogP contribution in [0.25, 0.3) is 0 Å². The maximum atomic E-state index is 12.1. The number of nitro benzene ring substituents is 1. The third kappa shape index (κ3) is 3.42. The lowest BCUT2D eigenvalue weighted by molar-refractivity contribution is -0.384. The first-order chi connectivity index (χ1) is 9.90. The fourth-order valence-electron chi connectivity index (χ4n) is 1.63. The van der Waals surface area contributed by atoms with Crippen LogP contribution in [0.4, 0.5) is 11.4 Å². The van der Waals surface area contributed by atoms with Crippen LogP contribution in [0.5, 0.6) is 5.75 Å². The number of nitrogens with zero attached hydrogens (tertiary/aromatic N) is 1. The van der Waals surface area contributed by atoms with E-state index in [1.807, 2.05) is 22.6 Å². The summed E-state index contributed by atoms with van der Waals surface area (Å²) in [5.41, 5.74) is -0.403. The van der Waals surface area contributed by atoms with E-state index in [-0.39, 0.29) is 22.7 Å². The van der Waals surface area contributed by atoms with Crippen LogP contribution in [0, 0.1) is 13.7 Å². The van der Waals surface area contributed by atoms with Crippen LogP contribution in [0.15, 0.2) is 36.4 Å². The van der Waals surface area contributed by atoms with Crippen LogP contribution < -0.4 is 5.32 Å². The van der Waals surface area contributed by atoms with Crippen molar-refractivity contribution in [3.8, 4) is 5.75 Å². The molecule has 0 aliphatic rings. The van der Waals surface area contributed by atoms with E-state index in [1.54, 1.807) is 6.07 Å². The van der Waals surface area contributed by atoms with Crippen molar-refractivity contribution in [3.05, 3.63) is 60.7 Å². The lowest BCUT2D eigenvalue weighted by Gasteiger charge is -2.08. The highest BCUT2D eigenvalue weighted by Crippen LogP contribution is 2.33. The summed E-state index contributed by atoms with van der Waals surface area (Å²) in [5.74, 6) is -0.980. The lowest BCUT2D eigenvalue weighted by Crippen LogP contribution is -2.13. The van der Waals surface area contributed by atoms with Gasteiger partial charge in [-0.25, -0.2) is 0 Å². The maximum Gasteiger partial charge on any atom is 0.296 e. The zero-order valence-electron chi connectivity index (χ0n) is 10.3. The van der Waals surface area contributed by atoms with Gasteiger partial charge in [0.15, 0.2) is 5.69 Å². The Morgan fingerprint density at radius 1 is 1.33 bits per heavy atom. The summed E-state index contributed by atoms with van der Waals surface area (Å²) in [6.07, 6.45) is 0. The molecule has 0 bridgehead atoms. The molecule has 0 saturated carbocycles. The quantitative estimate of drug-likeness (QED) is 0.343. The van der Waals surface area contributed by atoms with E-state index < -0.39 is 10.8 Å². The summed E-state index contributed by atoms with van der Waals surface area (Å²) in [4.78, 5) is 22.3. The first kappa shape index (κ1) is 15.5. The Morgan fingerprint density at radius 2 is 2.05 bits per heavy atom. The van der Waals surface area contributed by atoms with Crippen LogP contribution in [0.3, 0.4) is 0 Å². The predicted molar refractivity (Wildman–Crippen MR) is 86.9 cm³/mol. The number of hydrogen-bond donors (Lipinski definition) is 2. The van der Waals surface area contributed by atoms with Gasteiger partial charge in [-0.1, -0.05) is 17.7 Å². The summed E-state index contributed by atoms with van der Waals surface area (Å²) >= 11 is 7.94. The number of carbonyl (C=O) groups excluding carboxylic acids is 1. The highest BCUT2D eigenvalue weighted by atomic mass is 127. The SMILES string of the molecule is O=C(Nc1c(O)cccc1[N+](=O)[O-])c1ccc(I)c(Cl)c1. The van der Waals surface area contributed by atoms with Crippen LogP contribution >= 0.6 is 34.2 Å². The van der Waals surface area contributed by atoms with E-state index in [9.17, 15) is 20.0 Å². The van der Waals surface area contributed by atoms with Crippen LogP contribution in [-0.2, 0) is 0 Å². The van der Waals surface area contributed by atoms with Gasteiger partial charge >= 0.3 is 0 Å². The topological polar surface area (TPSA) is 92.5 Å². The molecule has 0 fully saturated rings. The number of amides is 1. The molecule has 0 radical (unpaired) electrons. The number of para-hydroxylation sites is 1. The minimum absolute atomic E-state index is 0.234. The van der Waals surface area contributed by atoms with Crippen molar-refractivity contribution < 1.29 is 14.8 Å². The number of phenolic OH excluding ortho intramolecular Hbond substituents is 1. The first-order valence-corrected chi connectivity index (χ1v) is 7.08. The lowest BCUT2D eigenvalue weighted by atomic mass is 10.2. The molecule has 2 rings (SSSR count). The Balaban J connectivity index is 2.36. The molecule has 0 saturated heterocycles. The number of benzene rings is 2. The van der Waals surface area contributed by atoms with E-state index in [4.69, 9.17) is 11.6 Å². The van der Waals surface area contributed by atoms with Crippen molar-refractivity contribution in [1.82, 2.24) is 0 Å². The van der Waals surface area contributed by atoms with Crippen LogP contribution in [-0.4, -0.2) is 15.9 Å². The molecule has 2 aromatic carbocycles. The van der Waals surface area contributed by atoms with Crippen molar-refractivity contribution in [2.45, 2.75) is 0 Å². The Hall–Kier alpha value is -1.87. The molecular weight excluding hydrogens is 411 g/mol. The minimum Gasteiger partial charge on any atom is -0.505 e. The standard InChI is InChI=1S/C13H8ClIN2O4/c14-8-6-7(4-5-9(8)15)13(19)16-12-10(17(20)21)2-1-3-11(12)18/h1-6,18H,(H,16,19). The molecule has 0 aliphatic carbocycles. The molecule has 2 N–H and O–H groups in total. The molecule has 1 amide bonds. The van der Waals surface area contributed by atoms with Crippen molar-refractivity contribution in [1.29, 1.82) is 0 Å². The predicted octanol–water partition coefficient (Wildman–Crippen LogP) is 3.81. The Morgan fingerprint density at radius 3 is 2.67 bits per heavy atom. The molecule has 0 spiro atoms. The monoisotopic (exact) mass is 418 g/mol. The van der Waals surface area contributed by atoms with Crippen molar-refractivity contribution in [2.24, 2.45) is 0 Å². The minimum atomic E-state index is -0.684. The number of anilines is 1. The van der Waals surface area contributed by atoms with Gasteiger partial charge in [0.2, 0.25) is 0 Å². The number of phenols is 1. The van der Waals surface area contributed by atoms with Gasteiger partial charge < -0.3 is 10.4 Å². The zero-order chi connectivity index (χ0) is 15.6. The van der Waals surface area contributed by atoms with E-state index >= 15 is 0 Å². The average molecular weight is 419 g/mol. The number of hydrogen-bond acceptors (Lipinski definition) is 4. The number of aromatic hydroxyl groups is 1. The highest BCUT2D eigenvalue weighted by Gasteiger charge is 2.20. The van der Waals surface area contributed by atoms with Crippen molar-refractivity contribution in [3.63, 3.8) is 0 Å². The van der Waals surface area contributed by atoms with E-state index in [0.29, 0.717) is 5.02 Å². The largest absolute Gasteiger partial charge is 0.505 e. The zero-order valence-corrected chi connectivity index (χ0v) is 13.3. The Labute approximate surface area is 138 Å². The fraction of sp³-hybridized carbons (Fsp3) is 0. The van der Waals surface area contributed by atoms with E-state index in [0.717, 1.165) is 3.57 Å². The van der Waals surface area contributed by atoms with Gasteiger partial charge in [0.25, 0.3) is 11.6 Å². The van der Waals surface area contributed by atoms with Gasteiger partial charge in [-0.2, -0.15) is 0 Å². The second-order valence-electron chi connectivity index (χ2n) is 4.01. The van der Waals surface area contributed by atoms with Crippen molar-refractivity contribution >= 4 is 51.5 Å². The molecular formula is C13H8ClIN2O4. The second kappa shape index (κ2) is 6.27. The summed E-state index contributed by atoms with van der Waals surface area (Å²) in [7, 11) is 0. The molecule has 0 atom stereocenters. The summed E-state index contributed by atoms with van der Waals surface area (Å²) in [6.45, 7) is 0. The van der Waals surface area contributed by atoms with Gasteiger partial charge in [-0.15, -0.1) is 0 Å². The second-order valence-corrected chi connectivity index (χ2v) is 5.58. The van der Waals surface area contributed by atoms with E-state index in [2.05, 4.69) is 5.32 Å². The number of halogens is 2. The normalized spacial score (nSPS) is 10.2. The molecule has 0 heterocycles. The number of rotatable bonds is 3. The maximum absolute atomic E-state index is 12.1.